The highest BCUT2D eigenvalue weighted by molar-refractivity contribution is 6.05. The second-order valence-corrected chi connectivity index (χ2v) is 7.56. The van der Waals surface area contributed by atoms with Crippen LogP contribution in [0.1, 0.15) is 39.9 Å². The summed E-state index contributed by atoms with van der Waals surface area (Å²) >= 11 is 0. The molecule has 0 spiro atoms. The molecule has 4 rings (SSSR count). The highest BCUT2D eigenvalue weighted by Crippen LogP contribution is 2.28. The van der Waals surface area contributed by atoms with Crippen molar-refractivity contribution in [2.75, 3.05) is 12.3 Å². The molecule has 1 unspecified atom stereocenters. The molecule has 0 radical (unpaired) electrons. The van der Waals surface area contributed by atoms with Crippen molar-refractivity contribution in [3.8, 4) is 0 Å². The lowest BCUT2D eigenvalue weighted by Crippen LogP contribution is -2.52. The maximum Gasteiger partial charge on any atom is 0.255 e. The second-order valence-electron chi connectivity index (χ2n) is 7.56. The molecule has 3 amide bonds. The molecule has 2 heterocycles. The number of nitrogens with two attached hydrogens (primary N) is 1. The summed E-state index contributed by atoms with van der Waals surface area (Å²) in [6.07, 6.45) is 1.54. The van der Waals surface area contributed by atoms with E-state index in [1.54, 1.807) is 4.90 Å². The number of nitrogens with zero attached hydrogens (tertiary/aromatic N) is 1. The average molecular weight is 392 g/mol. The molecule has 1 saturated heterocycles. The van der Waals surface area contributed by atoms with Crippen molar-refractivity contribution < 1.29 is 14.4 Å². The summed E-state index contributed by atoms with van der Waals surface area (Å²) in [4.78, 5) is 37.9. The predicted molar refractivity (Wildman–Crippen MR) is 109 cm³/mol. The van der Waals surface area contributed by atoms with Gasteiger partial charge in [-0.15, -0.1) is 0 Å². The minimum absolute atomic E-state index is 0.141. The van der Waals surface area contributed by atoms with Crippen molar-refractivity contribution in [2.24, 2.45) is 0 Å². The van der Waals surface area contributed by atoms with E-state index in [0.717, 1.165) is 29.8 Å². The van der Waals surface area contributed by atoms with E-state index >= 15 is 0 Å². The van der Waals surface area contributed by atoms with E-state index in [0.29, 0.717) is 25.1 Å². The zero-order valence-electron chi connectivity index (χ0n) is 16.1. The van der Waals surface area contributed by atoms with E-state index in [2.05, 4.69) is 10.6 Å². The van der Waals surface area contributed by atoms with Crippen molar-refractivity contribution in [2.45, 2.75) is 38.4 Å². The molecule has 1 fully saturated rings. The molecule has 0 bridgehead atoms. The third kappa shape index (κ3) is 4.14. The van der Waals surface area contributed by atoms with Gasteiger partial charge in [0, 0.05) is 30.8 Å². The Balaban J connectivity index is 1.34. The summed E-state index contributed by atoms with van der Waals surface area (Å²) in [5, 5.41) is 5.73. The van der Waals surface area contributed by atoms with E-state index in [1.807, 2.05) is 42.5 Å². The number of fused-ring (bicyclic) bond motifs is 1. The molecule has 2 aliphatic rings. The molecule has 2 aliphatic heterocycles. The van der Waals surface area contributed by atoms with Crippen molar-refractivity contribution >= 4 is 23.4 Å². The van der Waals surface area contributed by atoms with Gasteiger partial charge < -0.3 is 16.0 Å². The Kier molecular flexibility index (Phi) is 5.31. The molecule has 29 heavy (non-hydrogen) atoms. The van der Waals surface area contributed by atoms with Gasteiger partial charge in [-0.2, -0.15) is 0 Å². The molecule has 150 valence electrons. The molecule has 0 saturated carbocycles. The summed E-state index contributed by atoms with van der Waals surface area (Å²) < 4.78 is 0. The Hall–Kier alpha value is -3.19. The fourth-order valence-electron chi connectivity index (χ4n) is 3.86. The number of anilines is 1. The van der Waals surface area contributed by atoms with Crippen LogP contribution < -0.4 is 16.4 Å². The van der Waals surface area contributed by atoms with Gasteiger partial charge in [0.25, 0.3) is 5.91 Å². The number of hydrogen-bond donors (Lipinski definition) is 3. The Morgan fingerprint density at radius 2 is 1.83 bits per heavy atom. The minimum Gasteiger partial charge on any atom is -0.399 e. The van der Waals surface area contributed by atoms with Crippen LogP contribution in [-0.4, -0.2) is 35.2 Å². The van der Waals surface area contributed by atoms with Crippen LogP contribution >= 0.6 is 0 Å². The zero-order chi connectivity index (χ0) is 20.4. The fraction of sp³-hybridized carbons (Fsp3) is 0.318. The molecule has 0 aliphatic carbocycles. The molecule has 7 heteroatoms. The quantitative estimate of drug-likeness (QED) is 0.391. The lowest BCUT2D eigenvalue weighted by molar-refractivity contribution is -0.136. The van der Waals surface area contributed by atoms with E-state index in [9.17, 15) is 14.4 Å². The first-order valence-electron chi connectivity index (χ1n) is 9.83. The predicted octanol–water partition coefficient (Wildman–Crippen LogP) is 1.36. The number of imide groups is 1. The molecule has 2 aromatic carbocycles. The Labute approximate surface area is 169 Å². The Morgan fingerprint density at radius 3 is 2.59 bits per heavy atom. The van der Waals surface area contributed by atoms with Crippen LogP contribution in [0, 0.1) is 0 Å². The smallest absolute Gasteiger partial charge is 0.255 e. The van der Waals surface area contributed by atoms with Crippen LogP contribution in [0.2, 0.25) is 0 Å². The normalized spacial score (nSPS) is 18.7. The molecule has 1 atom stereocenters. The number of amides is 3. The third-order valence-electron chi connectivity index (χ3n) is 5.49. The summed E-state index contributed by atoms with van der Waals surface area (Å²) in [6.45, 7) is 1.89. The highest BCUT2D eigenvalue weighted by Gasteiger charge is 2.38. The average Bonchev–Trinajstić information content (AvgIpc) is 3.03. The molecule has 7 nitrogen and oxygen atoms in total. The summed E-state index contributed by atoms with van der Waals surface area (Å²) in [5.41, 5.74) is 10.3. The third-order valence-corrected chi connectivity index (χ3v) is 5.49. The first-order chi connectivity index (χ1) is 14.0. The van der Waals surface area contributed by atoms with Gasteiger partial charge in [-0.05, 0) is 54.3 Å². The second kappa shape index (κ2) is 8.05. The number of carbonyl (C=O) groups excluding carboxylic acids is 3. The van der Waals surface area contributed by atoms with E-state index in [1.165, 1.54) is 5.56 Å². The van der Waals surface area contributed by atoms with Gasteiger partial charge >= 0.3 is 0 Å². The zero-order valence-corrected chi connectivity index (χ0v) is 16.1. The van der Waals surface area contributed by atoms with Crippen LogP contribution in [0.3, 0.4) is 0 Å². The summed E-state index contributed by atoms with van der Waals surface area (Å²) in [7, 11) is 0. The van der Waals surface area contributed by atoms with Gasteiger partial charge in [0.1, 0.15) is 6.04 Å². The van der Waals surface area contributed by atoms with E-state index in [-0.39, 0.29) is 24.1 Å². The number of benzene rings is 2. The van der Waals surface area contributed by atoms with E-state index in [4.69, 9.17) is 5.73 Å². The molecule has 2 aromatic rings. The first kappa shape index (κ1) is 19.1. The number of nitrogen functional groups attached to an aromatic ring is 1. The maximum atomic E-state index is 12.8. The van der Waals surface area contributed by atoms with Crippen molar-refractivity contribution in [1.29, 1.82) is 0 Å². The molecule has 4 N–H and O–H groups in total. The summed E-state index contributed by atoms with van der Waals surface area (Å²) in [6, 6.07) is 13.1. The van der Waals surface area contributed by atoms with Crippen molar-refractivity contribution in [3.63, 3.8) is 0 Å². The number of rotatable bonds is 6. The largest absolute Gasteiger partial charge is 0.399 e. The van der Waals surface area contributed by atoms with E-state index < -0.39 is 6.04 Å². The molecular weight excluding hydrogens is 368 g/mol. The van der Waals surface area contributed by atoms with Gasteiger partial charge in [-0.1, -0.05) is 24.3 Å². The van der Waals surface area contributed by atoms with Crippen molar-refractivity contribution in [1.82, 2.24) is 15.5 Å². The van der Waals surface area contributed by atoms with Crippen LogP contribution in [0.25, 0.3) is 0 Å². The minimum atomic E-state index is -0.575. The number of nitrogens with one attached hydrogen (secondary N) is 2. The topological polar surface area (TPSA) is 105 Å². The lowest BCUT2D eigenvalue weighted by Gasteiger charge is -2.29. The number of carbonyl (C=O) groups is 3. The SMILES string of the molecule is Nc1ccc(CCNCc2ccc3c(c2)C(=O)N(C2CCC(=O)NC2=O)C3)cc1. The molecule has 0 aromatic heterocycles. The van der Waals surface area contributed by atoms with Crippen LogP contribution in [-0.2, 0) is 29.1 Å². The van der Waals surface area contributed by atoms with Gasteiger partial charge in [0.05, 0.1) is 0 Å². The lowest BCUT2D eigenvalue weighted by atomic mass is 10.0. The first-order valence-corrected chi connectivity index (χ1v) is 9.83. The van der Waals surface area contributed by atoms with Gasteiger partial charge in [-0.3, -0.25) is 19.7 Å². The standard InChI is InChI=1S/C22H24N4O3/c23-17-5-2-14(3-6-17)9-10-24-12-15-1-4-16-13-26(22(29)18(16)11-15)19-7-8-20(27)25-21(19)28/h1-6,11,19,24H,7-10,12-13,23H2,(H,25,27,28). The molecular formula is C22H24N4O3. The van der Waals surface area contributed by atoms with Gasteiger partial charge in [0.2, 0.25) is 11.8 Å². The van der Waals surface area contributed by atoms with Crippen LogP contribution in [0.4, 0.5) is 5.69 Å². The van der Waals surface area contributed by atoms with Crippen molar-refractivity contribution in [3.05, 3.63) is 64.7 Å². The monoisotopic (exact) mass is 392 g/mol. The fourth-order valence-corrected chi connectivity index (χ4v) is 3.86. The van der Waals surface area contributed by atoms with Crippen LogP contribution in [0.15, 0.2) is 42.5 Å². The van der Waals surface area contributed by atoms with Gasteiger partial charge in [-0.25, -0.2) is 0 Å². The Morgan fingerprint density at radius 1 is 1.07 bits per heavy atom. The maximum absolute atomic E-state index is 12.8. The van der Waals surface area contributed by atoms with Crippen LogP contribution in [0.5, 0.6) is 0 Å². The number of hydrogen-bond acceptors (Lipinski definition) is 5. The highest BCUT2D eigenvalue weighted by atomic mass is 16.2. The summed E-state index contributed by atoms with van der Waals surface area (Å²) in [5.74, 6) is -0.798. The van der Waals surface area contributed by atoms with Gasteiger partial charge in [0.15, 0.2) is 0 Å². The number of piperidine rings is 1. The Bertz CT molecular complexity index is 955.